The van der Waals surface area contributed by atoms with Gasteiger partial charge in [0, 0.05) is 14.1 Å². The van der Waals surface area contributed by atoms with Crippen molar-refractivity contribution in [2.24, 2.45) is 15.3 Å². The maximum atomic E-state index is 3.70. The highest BCUT2D eigenvalue weighted by atomic mass is 15.5. The first-order chi connectivity index (χ1) is 3.81. The molecule has 0 saturated carbocycles. The van der Waals surface area contributed by atoms with Gasteiger partial charge in [0.15, 0.2) is 0 Å². The van der Waals surface area contributed by atoms with Gasteiger partial charge in [0.2, 0.25) is 0 Å². The standard InChI is InChI=1S/C4H10N4/c1-5-4-8(3)7-6-2/h4H,1-3H3/b5-4-,7-6-. The van der Waals surface area contributed by atoms with E-state index in [1.54, 1.807) is 27.5 Å². The van der Waals surface area contributed by atoms with E-state index >= 15 is 0 Å². The van der Waals surface area contributed by atoms with Crippen LogP contribution in [0.4, 0.5) is 0 Å². The van der Waals surface area contributed by atoms with E-state index in [1.165, 1.54) is 5.01 Å². The van der Waals surface area contributed by atoms with Crippen LogP contribution < -0.4 is 0 Å². The van der Waals surface area contributed by atoms with E-state index in [-0.39, 0.29) is 0 Å². The fourth-order valence-electron chi connectivity index (χ4n) is 0.331. The average Bonchev–Trinajstić information content (AvgIpc) is 1.68. The van der Waals surface area contributed by atoms with Crippen molar-refractivity contribution in [1.29, 1.82) is 0 Å². The first kappa shape index (κ1) is 7.07. The zero-order chi connectivity index (χ0) is 6.41. The third kappa shape index (κ3) is 3.27. The predicted octanol–water partition coefficient (Wildman–Crippen LogP) is 0.573. The van der Waals surface area contributed by atoms with Crippen molar-refractivity contribution in [3.05, 3.63) is 0 Å². The van der Waals surface area contributed by atoms with Crippen LogP contribution in [0.5, 0.6) is 0 Å². The Balaban J connectivity index is 3.47. The van der Waals surface area contributed by atoms with Crippen LogP contribution in [0.2, 0.25) is 0 Å². The Hall–Kier alpha value is -0.930. The lowest BCUT2D eigenvalue weighted by Crippen LogP contribution is -2.05. The highest BCUT2D eigenvalue weighted by Crippen LogP contribution is 1.75. The van der Waals surface area contributed by atoms with Gasteiger partial charge >= 0.3 is 0 Å². The van der Waals surface area contributed by atoms with E-state index in [0.717, 1.165) is 0 Å². The maximum Gasteiger partial charge on any atom is 0.107 e. The lowest BCUT2D eigenvalue weighted by molar-refractivity contribution is 0.516. The Morgan fingerprint density at radius 1 is 1.38 bits per heavy atom. The van der Waals surface area contributed by atoms with Gasteiger partial charge in [-0.2, -0.15) is 5.11 Å². The van der Waals surface area contributed by atoms with E-state index in [2.05, 4.69) is 15.3 Å². The minimum atomic E-state index is 1.53. The van der Waals surface area contributed by atoms with Crippen LogP contribution in [0.15, 0.2) is 15.3 Å². The van der Waals surface area contributed by atoms with Gasteiger partial charge in [0.05, 0.1) is 7.05 Å². The molecule has 0 N–H and O–H groups in total. The van der Waals surface area contributed by atoms with E-state index in [0.29, 0.717) is 0 Å². The molecule has 8 heavy (non-hydrogen) atoms. The van der Waals surface area contributed by atoms with Crippen LogP contribution in [0.25, 0.3) is 0 Å². The summed E-state index contributed by atoms with van der Waals surface area (Å²) in [5.74, 6) is 0. The molecular weight excluding hydrogens is 104 g/mol. The minimum absolute atomic E-state index is 1.53. The molecule has 0 spiro atoms. The van der Waals surface area contributed by atoms with Gasteiger partial charge in [0.1, 0.15) is 6.34 Å². The van der Waals surface area contributed by atoms with Crippen LogP contribution in [0.3, 0.4) is 0 Å². The van der Waals surface area contributed by atoms with Crippen molar-refractivity contribution in [3.8, 4) is 0 Å². The quantitative estimate of drug-likeness (QED) is 0.224. The molecule has 0 atom stereocenters. The molecule has 0 radical (unpaired) electrons. The molecule has 0 unspecified atom stereocenters. The highest BCUT2D eigenvalue weighted by Gasteiger charge is 1.77. The molecule has 0 amide bonds. The lowest BCUT2D eigenvalue weighted by Gasteiger charge is -1.98. The molecule has 4 heteroatoms. The van der Waals surface area contributed by atoms with E-state index in [9.17, 15) is 0 Å². The van der Waals surface area contributed by atoms with Crippen molar-refractivity contribution < 1.29 is 0 Å². The summed E-state index contributed by atoms with van der Waals surface area (Å²) in [6.45, 7) is 0. The minimum Gasteiger partial charge on any atom is -0.277 e. The number of aliphatic imine (C=N–C) groups is 1. The van der Waals surface area contributed by atoms with Crippen LogP contribution in [-0.4, -0.2) is 32.5 Å². The molecule has 4 nitrogen and oxygen atoms in total. The average molecular weight is 114 g/mol. The Bertz CT molecular complexity index is 84.2. The van der Waals surface area contributed by atoms with Gasteiger partial charge in [-0.3, -0.25) is 4.99 Å². The molecule has 0 fully saturated rings. The lowest BCUT2D eigenvalue weighted by atomic mass is 11.1. The van der Waals surface area contributed by atoms with E-state index in [1.807, 2.05) is 0 Å². The molecule has 46 valence electrons. The van der Waals surface area contributed by atoms with Crippen molar-refractivity contribution in [2.75, 3.05) is 21.1 Å². The second-order valence-corrected chi connectivity index (χ2v) is 1.24. The fourth-order valence-corrected chi connectivity index (χ4v) is 0.331. The van der Waals surface area contributed by atoms with Crippen molar-refractivity contribution >= 4 is 6.34 Å². The van der Waals surface area contributed by atoms with Gasteiger partial charge in [-0.25, -0.2) is 5.01 Å². The fraction of sp³-hybridized carbons (Fsp3) is 0.750. The van der Waals surface area contributed by atoms with E-state index in [4.69, 9.17) is 0 Å². The summed E-state index contributed by atoms with van der Waals surface area (Å²) >= 11 is 0. The number of nitrogens with zero attached hydrogens (tertiary/aromatic N) is 4. The van der Waals surface area contributed by atoms with Crippen LogP contribution in [0, 0.1) is 0 Å². The molecule has 0 aliphatic carbocycles. The van der Waals surface area contributed by atoms with Gasteiger partial charge in [-0.1, -0.05) is 5.22 Å². The van der Waals surface area contributed by atoms with Gasteiger partial charge in [-0.15, -0.1) is 0 Å². The van der Waals surface area contributed by atoms with Crippen molar-refractivity contribution in [2.45, 2.75) is 0 Å². The molecular formula is C4H10N4. The first-order valence-corrected chi connectivity index (χ1v) is 2.26. The summed E-state index contributed by atoms with van der Waals surface area (Å²) in [5, 5.41) is 8.66. The predicted molar refractivity (Wildman–Crippen MR) is 33.0 cm³/mol. The molecule has 0 bridgehead atoms. The Kier molecular flexibility index (Phi) is 3.74. The Labute approximate surface area is 48.9 Å². The summed E-state index contributed by atoms with van der Waals surface area (Å²) < 4.78 is 0. The Morgan fingerprint density at radius 2 is 2.00 bits per heavy atom. The zero-order valence-corrected chi connectivity index (χ0v) is 5.37. The summed E-state index contributed by atoms with van der Waals surface area (Å²) in [4.78, 5) is 3.70. The third-order valence-electron chi connectivity index (χ3n) is 0.513. The number of hydrogen-bond acceptors (Lipinski definition) is 3. The molecule has 0 aromatic rings. The molecule has 0 rings (SSSR count). The first-order valence-electron chi connectivity index (χ1n) is 2.26. The highest BCUT2D eigenvalue weighted by molar-refractivity contribution is 5.53. The molecule has 0 heterocycles. The second-order valence-electron chi connectivity index (χ2n) is 1.24. The summed E-state index contributed by atoms with van der Waals surface area (Å²) in [6, 6.07) is 0. The van der Waals surface area contributed by atoms with Crippen LogP contribution >= 0.6 is 0 Å². The monoisotopic (exact) mass is 114 g/mol. The van der Waals surface area contributed by atoms with Crippen molar-refractivity contribution in [3.63, 3.8) is 0 Å². The molecule has 0 aromatic heterocycles. The Morgan fingerprint density at radius 3 is 2.38 bits per heavy atom. The van der Waals surface area contributed by atoms with Crippen LogP contribution in [-0.2, 0) is 0 Å². The zero-order valence-electron chi connectivity index (χ0n) is 5.37. The largest absolute Gasteiger partial charge is 0.277 e. The van der Waals surface area contributed by atoms with Crippen molar-refractivity contribution in [1.82, 2.24) is 5.01 Å². The number of hydrogen-bond donors (Lipinski definition) is 0. The molecule has 0 aliphatic heterocycles. The SMILES string of the molecule is C/N=C\N(C)/N=N\C. The van der Waals surface area contributed by atoms with Gasteiger partial charge in [0.25, 0.3) is 0 Å². The van der Waals surface area contributed by atoms with Crippen LogP contribution in [0.1, 0.15) is 0 Å². The maximum absolute atomic E-state index is 3.70. The normalized spacial score (nSPS) is 11.4. The second kappa shape index (κ2) is 4.23. The smallest absolute Gasteiger partial charge is 0.107 e. The summed E-state index contributed by atoms with van der Waals surface area (Å²) in [6.07, 6.45) is 1.58. The van der Waals surface area contributed by atoms with Gasteiger partial charge < -0.3 is 0 Å². The summed E-state index contributed by atoms with van der Waals surface area (Å²) in [7, 11) is 5.06. The topological polar surface area (TPSA) is 40.3 Å². The third-order valence-corrected chi connectivity index (χ3v) is 0.513. The van der Waals surface area contributed by atoms with Gasteiger partial charge in [-0.05, 0) is 0 Å². The number of rotatable bonds is 2. The van der Waals surface area contributed by atoms with E-state index < -0.39 is 0 Å². The molecule has 0 saturated heterocycles. The summed E-state index contributed by atoms with van der Waals surface area (Å²) in [5.41, 5.74) is 0. The molecule has 0 aromatic carbocycles. The molecule has 0 aliphatic rings.